The Kier molecular flexibility index (Phi) is 3.05. The van der Waals surface area contributed by atoms with E-state index >= 15 is 0 Å². The summed E-state index contributed by atoms with van der Waals surface area (Å²) in [5.41, 5.74) is 1.24. The van der Waals surface area contributed by atoms with Gasteiger partial charge in [0.05, 0.1) is 11.3 Å². The van der Waals surface area contributed by atoms with Gasteiger partial charge in [0, 0.05) is 22.4 Å². The van der Waals surface area contributed by atoms with Gasteiger partial charge >= 0.3 is 6.18 Å². The van der Waals surface area contributed by atoms with E-state index in [1.165, 1.54) is 10.5 Å². The number of fused-ring (bicyclic) bond motifs is 1. The fourth-order valence-electron chi connectivity index (χ4n) is 1.96. The summed E-state index contributed by atoms with van der Waals surface area (Å²) in [6.45, 7) is 0. The molecule has 2 nitrogen and oxygen atoms in total. The number of benzene rings is 1. The lowest BCUT2D eigenvalue weighted by atomic mass is 10.2. The summed E-state index contributed by atoms with van der Waals surface area (Å²) in [5, 5.41) is 0. The van der Waals surface area contributed by atoms with Gasteiger partial charge in [0.1, 0.15) is 5.65 Å². The minimum absolute atomic E-state index is 0.476. The molecule has 0 atom stereocenters. The number of alkyl halides is 3. The van der Waals surface area contributed by atoms with Gasteiger partial charge in [0.25, 0.3) is 0 Å². The molecule has 0 aliphatic rings. The summed E-state index contributed by atoms with van der Waals surface area (Å²) in [7, 11) is 0. The van der Waals surface area contributed by atoms with Gasteiger partial charge < -0.3 is 4.40 Å². The van der Waals surface area contributed by atoms with Crippen molar-refractivity contribution in [2.75, 3.05) is 0 Å². The third-order valence-corrected chi connectivity index (χ3v) is 3.62. The van der Waals surface area contributed by atoms with E-state index in [0.29, 0.717) is 11.3 Å². The molecule has 0 aliphatic carbocycles. The summed E-state index contributed by atoms with van der Waals surface area (Å²) in [6.07, 6.45) is -1.72. The van der Waals surface area contributed by atoms with E-state index in [1.807, 2.05) is 24.3 Å². The predicted molar refractivity (Wildman–Crippen MR) is 73.3 cm³/mol. The van der Waals surface area contributed by atoms with E-state index in [1.54, 1.807) is 6.20 Å². The second-order valence-electron chi connectivity index (χ2n) is 4.29. The van der Waals surface area contributed by atoms with Crippen molar-refractivity contribution in [2.24, 2.45) is 0 Å². The molecule has 20 heavy (non-hydrogen) atoms. The van der Waals surface area contributed by atoms with Crippen LogP contribution in [0.2, 0.25) is 0 Å². The normalized spacial score (nSPS) is 12.0. The molecule has 0 radical (unpaired) electrons. The molecule has 0 aliphatic heterocycles. The van der Waals surface area contributed by atoms with Gasteiger partial charge in [-0.3, -0.25) is 0 Å². The highest BCUT2D eigenvalue weighted by atomic mass is 79.9. The Morgan fingerprint density at radius 1 is 1.00 bits per heavy atom. The Morgan fingerprint density at radius 3 is 2.45 bits per heavy atom. The molecule has 2 heterocycles. The number of imidazole rings is 1. The number of hydrogen-bond donors (Lipinski definition) is 0. The molecule has 0 amide bonds. The maximum absolute atomic E-state index is 12.7. The first kappa shape index (κ1) is 13.2. The van der Waals surface area contributed by atoms with Crippen LogP contribution in [0.5, 0.6) is 0 Å². The maximum atomic E-state index is 12.7. The van der Waals surface area contributed by atoms with E-state index in [2.05, 4.69) is 20.9 Å². The fourth-order valence-corrected chi connectivity index (χ4v) is 2.45. The fraction of sp³-hybridized carbons (Fsp3) is 0.0714. The topological polar surface area (TPSA) is 17.3 Å². The number of pyridine rings is 1. The molecule has 0 bridgehead atoms. The van der Waals surface area contributed by atoms with Gasteiger partial charge in [-0.05, 0) is 18.2 Å². The highest BCUT2D eigenvalue weighted by molar-refractivity contribution is 9.10. The van der Waals surface area contributed by atoms with Gasteiger partial charge in [0.2, 0.25) is 0 Å². The highest BCUT2D eigenvalue weighted by Gasteiger charge is 2.30. The van der Waals surface area contributed by atoms with Crippen molar-refractivity contribution < 1.29 is 13.2 Å². The molecule has 6 heteroatoms. The zero-order valence-electron chi connectivity index (χ0n) is 10.0. The largest absolute Gasteiger partial charge is 0.417 e. The minimum atomic E-state index is -4.36. The number of halogens is 4. The van der Waals surface area contributed by atoms with E-state index < -0.39 is 11.7 Å². The summed E-state index contributed by atoms with van der Waals surface area (Å²) >= 11 is 3.41. The Bertz CT molecular complexity index is 777. The number of aromatic nitrogens is 2. The van der Waals surface area contributed by atoms with Crippen LogP contribution in [0, 0.1) is 0 Å². The third kappa shape index (κ3) is 2.31. The summed E-state index contributed by atoms with van der Waals surface area (Å²) < 4.78 is 40.2. The number of nitrogens with zero attached hydrogens (tertiary/aromatic N) is 2. The van der Waals surface area contributed by atoms with Gasteiger partial charge in [-0.15, -0.1) is 0 Å². The first-order valence-electron chi connectivity index (χ1n) is 5.76. The van der Waals surface area contributed by atoms with Crippen LogP contribution in [0.4, 0.5) is 13.2 Å². The van der Waals surface area contributed by atoms with E-state index in [4.69, 9.17) is 0 Å². The van der Waals surface area contributed by atoms with Crippen molar-refractivity contribution in [1.29, 1.82) is 0 Å². The standard InChI is InChI=1S/C14H8BrF3N2/c15-11-4-2-1-3-10(11)12-8-20-7-9(14(16,17)18)5-6-13(20)19-12/h1-8H. The SMILES string of the molecule is FC(F)(F)c1ccc2nc(-c3ccccc3Br)cn2c1. The molecule has 0 saturated carbocycles. The minimum Gasteiger partial charge on any atom is -0.306 e. The lowest BCUT2D eigenvalue weighted by molar-refractivity contribution is -0.137. The average Bonchev–Trinajstić information content (AvgIpc) is 2.80. The molecule has 3 rings (SSSR count). The lowest BCUT2D eigenvalue weighted by Crippen LogP contribution is -2.05. The Labute approximate surface area is 121 Å². The van der Waals surface area contributed by atoms with E-state index in [-0.39, 0.29) is 0 Å². The van der Waals surface area contributed by atoms with Crippen molar-refractivity contribution in [3.8, 4) is 11.3 Å². The second kappa shape index (κ2) is 4.63. The van der Waals surface area contributed by atoms with Gasteiger partial charge in [-0.1, -0.05) is 34.1 Å². The molecule has 0 saturated heterocycles. The van der Waals surface area contributed by atoms with E-state index in [9.17, 15) is 13.2 Å². The molecule has 3 aromatic rings. The predicted octanol–water partition coefficient (Wildman–Crippen LogP) is 4.78. The van der Waals surface area contributed by atoms with Crippen molar-refractivity contribution in [3.05, 3.63) is 58.8 Å². The third-order valence-electron chi connectivity index (χ3n) is 2.93. The molecule has 0 spiro atoms. The van der Waals surface area contributed by atoms with Crippen molar-refractivity contribution in [2.45, 2.75) is 6.18 Å². The van der Waals surface area contributed by atoms with Gasteiger partial charge in [-0.25, -0.2) is 4.98 Å². The molecule has 0 N–H and O–H groups in total. The zero-order valence-corrected chi connectivity index (χ0v) is 11.6. The monoisotopic (exact) mass is 340 g/mol. The van der Waals surface area contributed by atoms with Gasteiger partial charge in [0.15, 0.2) is 0 Å². The van der Waals surface area contributed by atoms with E-state index in [0.717, 1.165) is 22.3 Å². The first-order chi connectivity index (χ1) is 9.45. The Hall–Kier alpha value is -1.82. The van der Waals surface area contributed by atoms with Crippen molar-refractivity contribution in [1.82, 2.24) is 9.38 Å². The molecule has 2 aromatic heterocycles. The quantitative estimate of drug-likeness (QED) is 0.623. The molecular weight excluding hydrogens is 333 g/mol. The van der Waals surface area contributed by atoms with Crippen LogP contribution in [0.15, 0.2) is 53.3 Å². The summed E-state index contributed by atoms with van der Waals surface area (Å²) in [6, 6.07) is 9.84. The van der Waals surface area contributed by atoms with Crippen LogP contribution in [0.3, 0.4) is 0 Å². The van der Waals surface area contributed by atoms with Crippen LogP contribution in [0.25, 0.3) is 16.9 Å². The molecule has 0 fully saturated rings. The Balaban J connectivity index is 2.14. The van der Waals surface area contributed by atoms with Crippen LogP contribution >= 0.6 is 15.9 Å². The molecular formula is C14H8BrF3N2. The average molecular weight is 341 g/mol. The van der Waals surface area contributed by atoms with Crippen LogP contribution in [-0.2, 0) is 6.18 Å². The highest BCUT2D eigenvalue weighted by Crippen LogP contribution is 2.31. The Morgan fingerprint density at radius 2 is 1.75 bits per heavy atom. The summed E-state index contributed by atoms with van der Waals surface area (Å²) in [5.74, 6) is 0. The maximum Gasteiger partial charge on any atom is 0.417 e. The molecule has 1 aromatic carbocycles. The lowest BCUT2D eigenvalue weighted by Gasteiger charge is -2.05. The van der Waals surface area contributed by atoms with Crippen LogP contribution in [-0.4, -0.2) is 9.38 Å². The number of hydrogen-bond acceptors (Lipinski definition) is 1. The second-order valence-corrected chi connectivity index (χ2v) is 5.14. The van der Waals surface area contributed by atoms with Crippen molar-refractivity contribution in [3.63, 3.8) is 0 Å². The number of rotatable bonds is 1. The smallest absolute Gasteiger partial charge is 0.306 e. The van der Waals surface area contributed by atoms with Gasteiger partial charge in [-0.2, -0.15) is 13.2 Å². The van der Waals surface area contributed by atoms with Crippen molar-refractivity contribution >= 4 is 21.6 Å². The van der Waals surface area contributed by atoms with Crippen LogP contribution < -0.4 is 0 Å². The summed E-state index contributed by atoms with van der Waals surface area (Å²) in [4.78, 5) is 4.33. The first-order valence-corrected chi connectivity index (χ1v) is 6.55. The molecule has 102 valence electrons. The molecule has 0 unspecified atom stereocenters. The van der Waals surface area contributed by atoms with Crippen LogP contribution in [0.1, 0.15) is 5.56 Å². The zero-order chi connectivity index (χ0) is 14.3.